The van der Waals surface area contributed by atoms with Crippen LogP contribution in [0.15, 0.2) is 71.6 Å². The zero-order valence-corrected chi connectivity index (χ0v) is 16.7. The van der Waals surface area contributed by atoms with Gasteiger partial charge in [0.05, 0.1) is 16.3 Å². The molecule has 0 aliphatic carbocycles. The first-order chi connectivity index (χ1) is 13.4. The topological polar surface area (TPSA) is 83.5 Å². The normalized spacial score (nSPS) is 14.4. The summed E-state index contributed by atoms with van der Waals surface area (Å²) in [6.07, 6.45) is 0.665. The first-order valence-electron chi connectivity index (χ1n) is 8.94. The lowest BCUT2D eigenvalue weighted by atomic mass is 10.1. The number of benzene rings is 3. The van der Waals surface area contributed by atoms with Gasteiger partial charge in [0.1, 0.15) is 0 Å². The monoisotopic (exact) mass is 416 g/mol. The van der Waals surface area contributed by atoms with Gasteiger partial charge in [-0.3, -0.25) is 4.31 Å². The standard InChI is InChI=1S/C20H20N2O4S2/c23-27(24,22-13-11-17-6-3-4-8-20(17)22)14-12-21-28(25,26)19-10-9-16-5-1-2-7-18(16)15-19/h1-10,15,21H,11-14H2. The fraction of sp³-hybridized carbons (Fsp3) is 0.200. The van der Waals surface area contributed by atoms with E-state index in [4.69, 9.17) is 0 Å². The van der Waals surface area contributed by atoms with Crippen LogP contribution in [0.25, 0.3) is 10.8 Å². The van der Waals surface area contributed by atoms with Crippen molar-refractivity contribution in [3.8, 4) is 0 Å². The van der Waals surface area contributed by atoms with Crippen LogP contribution < -0.4 is 9.03 Å². The molecule has 0 aromatic heterocycles. The molecule has 8 heteroatoms. The Balaban J connectivity index is 1.46. The summed E-state index contributed by atoms with van der Waals surface area (Å²) >= 11 is 0. The van der Waals surface area contributed by atoms with E-state index in [0.29, 0.717) is 18.7 Å². The van der Waals surface area contributed by atoms with Crippen molar-refractivity contribution in [2.24, 2.45) is 0 Å². The fourth-order valence-electron chi connectivity index (χ4n) is 3.43. The molecular formula is C20H20N2O4S2. The van der Waals surface area contributed by atoms with E-state index in [9.17, 15) is 16.8 Å². The Morgan fingerprint density at radius 1 is 0.857 bits per heavy atom. The maximum absolute atomic E-state index is 12.7. The van der Waals surface area contributed by atoms with Crippen molar-refractivity contribution in [1.82, 2.24) is 4.72 Å². The van der Waals surface area contributed by atoms with Crippen LogP contribution in [0.1, 0.15) is 5.56 Å². The molecule has 28 heavy (non-hydrogen) atoms. The number of nitrogens with one attached hydrogen (secondary N) is 1. The van der Waals surface area contributed by atoms with Crippen LogP contribution in [0.2, 0.25) is 0 Å². The highest BCUT2D eigenvalue weighted by Gasteiger charge is 2.29. The number of hydrogen-bond donors (Lipinski definition) is 1. The zero-order valence-electron chi connectivity index (χ0n) is 15.1. The third kappa shape index (κ3) is 3.63. The lowest BCUT2D eigenvalue weighted by molar-refractivity contribution is 0.580. The molecule has 0 bridgehead atoms. The Labute approximate surface area is 164 Å². The van der Waals surface area contributed by atoms with E-state index in [-0.39, 0.29) is 17.2 Å². The van der Waals surface area contributed by atoms with Crippen LogP contribution in [0, 0.1) is 0 Å². The Kier molecular flexibility index (Phi) is 4.86. The lowest BCUT2D eigenvalue weighted by Gasteiger charge is -2.19. The molecule has 3 aromatic carbocycles. The Morgan fingerprint density at radius 3 is 2.39 bits per heavy atom. The van der Waals surface area contributed by atoms with Gasteiger partial charge in [0.2, 0.25) is 20.0 Å². The van der Waals surface area contributed by atoms with Gasteiger partial charge in [-0.05, 0) is 41.0 Å². The lowest BCUT2D eigenvalue weighted by Crippen LogP contribution is -2.36. The van der Waals surface area contributed by atoms with Crippen molar-refractivity contribution in [2.75, 3.05) is 23.1 Å². The minimum absolute atomic E-state index is 0.120. The number of para-hydroxylation sites is 1. The summed E-state index contributed by atoms with van der Waals surface area (Å²) in [5, 5.41) is 1.75. The van der Waals surface area contributed by atoms with E-state index in [1.807, 2.05) is 36.4 Å². The molecule has 1 heterocycles. The highest BCUT2D eigenvalue weighted by Crippen LogP contribution is 2.29. The molecule has 0 unspecified atom stereocenters. The predicted octanol–water partition coefficient (Wildman–Crippen LogP) is 2.51. The molecule has 146 valence electrons. The maximum atomic E-state index is 12.7. The zero-order chi connectivity index (χ0) is 19.8. The second kappa shape index (κ2) is 7.20. The SMILES string of the molecule is O=S(=O)(NCCS(=O)(=O)N1CCc2ccccc21)c1ccc2ccccc2c1. The summed E-state index contributed by atoms with van der Waals surface area (Å²) in [6, 6.07) is 19.7. The molecule has 0 spiro atoms. The highest BCUT2D eigenvalue weighted by molar-refractivity contribution is 7.93. The van der Waals surface area contributed by atoms with E-state index < -0.39 is 20.0 Å². The molecule has 4 rings (SSSR count). The maximum Gasteiger partial charge on any atom is 0.240 e. The van der Waals surface area contributed by atoms with Crippen molar-refractivity contribution in [2.45, 2.75) is 11.3 Å². The van der Waals surface area contributed by atoms with Crippen molar-refractivity contribution < 1.29 is 16.8 Å². The van der Waals surface area contributed by atoms with Crippen LogP contribution in [0.4, 0.5) is 5.69 Å². The van der Waals surface area contributed by atoms with Gasteiger partial charge in [0.25, 0.3) is 0 Å². The minimum atomic E-state index is -3.79. The third-order valence-corrected chi connectivity index (χ3v) is 8.09. The number of sulfonamides is 2. The molecule has 0 amide bonds. The van der Waals surface area contributed by atoms with Crippen molar-refractivity contribution in [1.29, 1.82) is 0 Å². The largest absolute Gasteiger partial charge is 0.270 e. The molecule has 0 saturated heterocycles. The van der Waals surface area contributed by atoms with Crippen molar-refractivity contribution in [3.63, 3.8) is 0 Å². The van der Waals surface area contributed by atoms with E-state index in [1.165, 1.54) is 10.4 Å². The summed E-state index contributed by atoms with van der Waals surface area (Å²) in [6.45, 7) is 0.204. The number of anilines is 1. The van der Waals surface area contributed by atoms with Gasteiger partial charge in [-0.15, -0.1) is 0 Å². The summed E-state index contributed by atoms with van der Waals surface area (Å²) in [7, 11) is -7.40. The first-order valence-corrected chi connectivity index (χ1v) is 12.0. The molecule has 1 aliphatic heterocycles. The first kappa shape index (κ1) is 18.9. The second-order valence-electron chi connectivity index (χ2n) is 6.67. The van der Waals surface area contributed by atoms with E-state index in [1.54, 1.807) is 24.3 Å². The molecular weight excluding hydrogens is 396 g/mol. The van der Waals surface area contributed by atoms with Crippen molar-refractivity contribution >= 4 is 36.5 Å². The predicted molar refractivity (Wildman–Crippen MR) is 110 cm³/mol. The average molecular weight is 417 g/mol. The van der Waals surface area contributed by atoms with E-state index in [0.717, 1.165) is 16.3 Å². The molecule has 1 aliphatic rings. The third-order valence-electron chi connectivity index (χ3n) is 4.86. The quantitative estimate of drug-likeness (QED) is 0.669. The molecule has 3 aromatic rings. The summed E-state index contributed by atoms with van der Waals surface area (Å²) in [5.74, 6) is -0.297. The number of nitrogens with zero attached hydrogens (tertiary/aromatic N) is 1. The molecule has 0 radical (unpaired) electrons. The van der Waals surface area contributed by atoms with E-state index in [2.05, 4.69) is 4.72 Å². The van der Waals surface area contributed by atoms with Gasteiger partial charge in [-0.1, -0.05) is 48.5 Å². The van der Waals surface area contributed by atoms with Crippen LogP contribution in [-0.4, -0.2) is 35.7 Å². The number of rotatable bonds is 6. The van der Waals surface area contributed by atoms with Gasteiger partial charge in [-0.2, -0.15) is 0 Å². The Bertz CT molecular complexity index is 1240. The van der Waals surface area contributed by atoms with Gasteiger partial charge < -0.3 is 0 Å². The van der Waals surface area contributed by atoms with Gasteiger partial charge in [0.15, 0.2) is 0 Å². The van der Waals surface area contributed by atoms with E-state index >= 15 is 0 Å². The number of fused-ring (bicyclic) bond motifs is 2. The second-order valence-corrected chi connectivity index (χ2v) is 10.5. The molecule has 1 N–H and O–H groups in total. The van der Waals surface area contributed by atoms with Gasteiger partial charge >= 0.3 is 0 Å². The van der Waals surface area contributed by atoms with Crippen LogP contribution in [0.3, 0.4) is 0 Å². The van der Waals surface area contributed by atoms with Gasteiger partial charge in [0, 0.05) is 13.1 Å². The smallest absolute Gasteiger partial charge is 0.240 e. The molecule has 0 fully saturated rings. The summed E-state index contributed by atoms with van der Waals surface area (Å²) in [4.78, 5) is 0.120. The number of hydrogen-bond acceptors (Lipinski definition) is 4. The summed E-state index contributed by atoms with van der Waals surface area (Å²) < 4.78 is 54.3. The molecule has 0 saturated carbocycles. The van der Waals surface area contributed by atoms with Crippen LogP contribution >= 0.6 is 0 Å². The minimum Gasteiger partial charge on any atom is -0.270 e. The Morgan fingerprint density at radius 2 is 1.57 bits per heavy atom. The fourth-order valence-corrected chi connectivity index (χ4v) is 6.05. The van der Waals surface area contributed by atoms with Crippen LogP contribution in [-0.2, 0) is 26.5 Å². The van der Waals surface area contributed by atoms with Crippen molar-refractivity contribution in [3.05, 3.63) is 72.3 Å². The van der Waals surface area contributed by atoms with Crippen LogP contribution in [0.5, 0.6) is 0 Å². The average Bonchev–Trinajstić information content (AvgIpc) is 3.12. The van der Waals surface area contributed by atoms with Gasteiger partial charge in [-0.25, -0.2) is 21.6 Å². The molecule has 6 nitrogen and oxygen atoms in total. The highest BCUT2D eigenvalue weighted by atomic mass is 32.2. The Hall–Kier alpha value is -2.42. The summed E-state index contributed by atoms with van der Waals surface area (Å²) in [5.41, 5.74) is 1.67. The molecule has 0 atom stereocenters.